The summed E-state index contributed by atoms with van der Waals surface area (Å²) in [5, 5.41) is 0. The Morgan fingerprint density at radius 1 is 0.952 bits per heavy atom. The van der Waals surface area contributed by atoms with Gasteiger partial charge in [0.15, 0.2) is 0 Å². The first kappa shape index (κ1) is 30.0. The van der Waals surface area contributed by atoms with Crippen molar-refractivity contribution in [3.8, 4) is 5.88 Å². The van der Waals surface area contributed by atoms with E-state index in [1.54, 1.807) is 6.07 Å². The van der Waals surface area contributed by atoms with Crippen molar-refractivity contribution in [3.63, 3.8) is 0 Å². The molecule has 2 aliphatic rings. The molecule has 3 heterocycles. The number of benzene rings is 1. The Morgan fingerprint density at radius 2 is 1.71 bits per heavy atom. The third-order valence-corrected chi connectivity index (χ3v) is 8.90. The second kappa shape index (κ2) is 11.7. The van der Waals surface area contributed by atoms with E-state index in [1.807, 2.05) is 0 Å². The van der Waals surface area contributed by atoms with Crippen molar-refractivity contribution in [2.24, 2.45) is 0 Å². The Hall–Kier alpha value is -3.46. The van der Waals surface area contributed by atoms with Gasteiger partial charge in [0.05, 0.1) is 11.8 Å². The SMILES string of the molecule is O=S(=O)(Nc1ccncn1)c1cnc(O[C@H]2CC[C@H](c3cccc(C(F)(F)F)c3)C[C@@H]2N2CCCC2)c(C(F)(F)F)c1. The second-order valence-corrected chi connectivity index (χ2v) is 12.0. The molecule has 8 nitrogen and oxygen atoms in total. The van der Waals surface area contributed by atoms with E-state index < -0.39 is 50.4 Å². The Labute approximate surface area is 238 Å². The number of nitrogens with zero attached hydrogens (tertiary/aromatic N) is 4. The van der Waals surface area contributed by atoms with Crippen LogP contribution >= 0.6 is 0 Å². The molecule has 2 aromatic heterocycles. The van der Waals surface area contributed by atoms with Gasteiger partial charge in [0.25, 0.3) is 10.0 Å². The first-order chi connectivity index (χ1) is 19.8. The summed E-state index contributed by atoms with van der Waals surface area (Å²) in [4.78, 5) is 12.5. The molecule has 1 saturated heterocycles. The number of nitrogens with one attached hydrogen (secondary N) is 1. The van der Waals surface area contributed by atoms with Gasteiger partial charge in [0, 0.05) is 12.2 Å². The van der Waals surface area contributed by atoms with E-state index in [0.29, 0.717) is 37.6 Å². The molecule has 3 atom stereocenters. The minimum absolute atomic E-state index is 0.134. The molecule has 42 heavy (non-hydrogen) atoms. The summed E-state index contributed by atoms with van der Waals surface area (Å²) < 4.78 is 116. The topological polar surface area (TPSA) is 97.3 Å². The van der Waals surface area contributed by atoms with Crippen LogP contribution < -0.4 is 9.46 Å². The average Bonchev–Trinajstić information content (AvgIpc) is 3.48. The van der Waals surface area contributed by atoms with Crippen LogP contribution in [0.4, 0.5) is 32.2 Å². The van der Waals surface area contributed by atoms with Crippen LogP contribution in [0.25, 0.3) is 0 Å². The molecule has 1 aliphatic heterocycles. The van der Waals surface area contributed by atoms with Crippen molar-refractivity contribution in [3.05, 3.63) is 71.8 Å². The number of alkyl halides is 6. The number of hydrogen-bond acceptors (Lipinski definition) is 7. The highest BCUT2D eigenvalue weighted by molar-refractivity contribution is 7.92. The fourth-order valence-electron chi connectivity index (χ4n) is 5.55. The summed E-state index contributed by atoms with van der Waals surface area (Å²) in [6.45, 7) is 1.37. The Bertz CT molecular complexity index is 1500. The molecular weight excluding hydrogens is 588 g/mol. The van der Waals surface area contributed by atoms with Crippen LogP contribution in [0.1, 0.15) is 54.7 Å². The van der Waals surface area contributed by atoms with Gasteiger partial charge in [-0.05, 0) is 74.9 Å². The minimum Gasteiger partial charge on any atom is -0.472 e. The number of likely N-dealkylation sites (tertiary alicyclic amines) is 1. The lowest BCUT2D eigenvalue weighted by Crippen LogP contribution is -2.48. The van der Waals surface area contributed by atoms with Crippen LogP contribution in [0.15, 0.2) is 60.0 Å². The maximum absolute atomic E-state index is 14.2. The molecule has 226 valence electrons. The van der Waals surface area contributed by atoms with Crippen LogP contribution in [0.5, 0.6) is 5.88 Å². The van der Waals surface area contributed by atoms with E-state index in [2.05, 4.69) is 24.6 Å². The maximum atomic E-state index is 14.2. The van der Waals surface area contributed by atoms with Gasteiger partial charge in [-0.1, -0.05) is 18.2 Å². The van der Waals surface area contributed by atoms with Gasteiger partial charge in [-0.25, -0.2) is 23.4 Å². The van der Waals surface area contributed by atoms with Gasteiger partial charge in [0.2, 0.25) is 5.88 Å². The van der Waals surface area contributed by atoms with Crippen molar-refractivity contribution in [2.75, 3.05) is 17.8 Å². The molecule has 1 N–H and O–H groups in total. The lowest BCUT2D eigenvalue weighted by Gasteiger charge is -2.41. The first-order valence-electron chi connectivity index (χ1n) is 13.3. The molecule has 3 aromatic rings. The Balaban J connectivity index is 1.41. The predicted molar refractivity (Wildman–Crippen MR) is 139 cm³/mol. The van der Waals surface area contributed by atoms with Crippen molar-refractivity contribution in [1.82, 2.24) is 19.9 Å². The number of pyridine rings is 1. The normalized spacial score (nSPS) is 22.2. The first-order valence-corrected chi connectivity index (χ1v) is 14.7. The van der Waals surface area contributed by atoms with Gasteiger partial charge in [-0.3, -0.25) is 9.62 Å². The van der Waals surface area contributed by atoms with Gasteiger partial charge in [-0.2, -0.15) is 26.3 Å². The molecular formula is C27H27F6N5O3S. The Kier molecular flexibility index (Phi) is 8.34. The van der Waals surface area contributed by atoms with Crippen molar-refractivity contribution >= 4 is 15.8 Å². The van der Waals surface area contributed by atoms with Crippen LogP contribution in [-0.4, -0.2) is 53.5 Å². The van der Waals surface area contributed by atoms with E-state index in [9.17, 15) is 34.8 Å². The quantitative estimate of drug-likeness (QED) is 0.331. The maximum Gasteiger partial charge on any atom is 0.421 e. The molecule has 0 radical (unpaired) electrons. The summed E-state index contributed by atoms with van der Waals surface area (Å²) in [7, 11) is -4.47. The number of ether oxygens (including phenoxy) is 1. The number of sulfonamides is 1. The molecule has 2 fully saturated rings. The lowest BCUT2D eigenvalue weighted by atomic mass is 9.79. The summed E-state index contributed by atoms with van der Waals surface area (Å²) in [5.41, 5.74) is -1.58. The Morgan fingerprint density at radius 3 is 2.38 bits per heavy atom. The lowest BCUT2D eigenvalue weighted by molar-refractivity contribution is -0.140. The summed E-state index contributed by atoms with van der Waals surface area (Å²) in [6.07, 6.45) is -4.26. The molecule has 0 amide bonds. The van der Waals surface area contributed by atoms with Crippen LogP contribution in [0.2, 0.25) is 0 Å². The zero-order chi connectivity index (χ0) is 30.1. The fourth-order valence-corrected chi connectivity index (χ4v) is 6.53. The number of hydrogen-bond donors (Lipinski definition) is 1. The highest BCUT2D eigenvalue weighted by Gasteiger charge is 2.42. The highest BCUT2D eigenvalue weighted by Crippen LogP contribution is 2.42. The second-order valence-electron chi connectivity index (χ2n) is 10.3. The predicted octanol–water partition coefficient (Wildman–Crippen LogP) is 5.89. The average molecular weight is 616 g/mol. The van der Waals surface area contributed by atoms with E-state index in [1.165, 1.54) is 18.3 Å². The molecule has 5 rings (SSSR count). The molecule has 1 aliphatic carbocycles. The van der Waals surface area contributed by atoms with E-state index in [-0.39, 0.29) is 24.2 Å². The van der Waals surface area contributed by atoms with Crippen molar-refractivity contribution < 1.29 is 39.5 Å². The van der Waals surface area contributed by atoms with Crippen LogP contribution in [-0.2, 0) is 22.4 Å². The fraction of sp³-hybridized carbons (Fsp3) is 0.444. The zero-order valence-electron chi connectivity index (χ0n) is 22.1. The monoisotopic (exact) mass is 615 g/mol. The molecule has 0 bridgehead atoms. The number of aromatic nitrogens is 3. The molecule has 15 heteroatoms. The van der Waals surface area contributed by atoms with Gasteiger partial charge in [-0.15, -0.1) is 0 Å². The number of anilines is 1. The smallest absolute Gasteiger partial charge is 0.421 e. The largest absolute Gasteiger partial charge is 0.472 e. The van der Waals surface area contributed by atoms with Gasteiger partial charge >= 0.3 is 12.4 Å². The third kappa shape index (κ3) is 6.77. The van der Waals surface area contributed by atoms with Gasteiger partial charge < -0.3 is 4.74 Å². The minimum atomic E-state index is -4.98. The van der Waals surface area contributed by atoms with Crippen molar-refractivity contribution in [2.45, 2.75) is 67.4 Å². The summed E-state index contributed by atoms with van der Waals surface area (Å²) >= 11 is 0. The highest BCUT2D eigenvalue weighted by atomic mass is 32.2. The van der Waals surface area contributed by atoms with Gasteiger partial charge in [0.1, 0.15) is 28.7 Å². The standard InChI is InChI=1S/C27H27F6N5O3S/c28-26(29,30)19-5-3-4-17(12-19)18-6-7-23(22(13-18)38-10-1-2-11-38)41-25-21(27(31,32)33)14-20(15-35-25)42(39,40)37-24-8-9-34-16-36-24/h3-5,8-9,12,14-16,18,22-23H,1-2,6-7,10-11,13H2,(H,34,36,37)/t18-,22-,23-/m0/s1. The van der Waals surface area contributed by atoms with E-state index in [0.717, 1.165) is 37.5 Å². The summed E-state index contributed by atoms with van der Waals surface area (Å²) in [6, 6.07) is 6.47. The summed E-state index contributed by atoms with van der Waals surface area (Å²) in [5.74, 6) is -1.13. The van der Waals surface area contributed by atoms with Crippen molar-refractivity contribution in [1.29, 1.82) is 0 Å². The number of rotatable bonds is 7. The molecule has 1 saturated carbocycles. The number of halogens is 6. The third-order valence-electron chi connectivity index (χ3n) is 7.58. The molecule has 0 spiro atoms. The van der Waals surface area contributed by atoms with E-state index in [4.69, 9.17) is 4.74 Å². The molecule has 0 unspecified atom stereocenters. The van der Waals surface area contributed by atoms with Crippen LogP contribution in [0.3, 0.4) is 0 Å². The van der Waals surface area contributed by atoms with E-state index >= 15 is 0 Å². The van der Waals surface area contributed by atoms with Crippen LogP contribution in [0, 0.1) is 0 Å². The zero-order valence-corrected chi connectivity index (χ0v) is 22.9. The molecule has 1 aromatic carbocycles.